The van der Waals surface area contributed by atoms with Crippen LogP contribution in [0.25, 0.3) is 22.4 Å². The lowest BCUT2D eigenvalue weighted by molar-refractivity contribution is -0.125. The Labute approximate surface area is 194 Å². The highest BCUT2D eigenvalue weighted by Gasteiger charge is 2.29. The standard InChI is InChI=1S/C24H21ClFN5O2/c25-18-5-1-3-15(11-18)12-27-23(32)17-4-2-10-31(13-17)22-20-21(16-6-8-19(26)9-7-16)30-33-24(20)29-14-28-22/h1,3,5-9,11,14,17H,2,4,10,12-13H2,(H,27,32)/t17-/m0/s1. The number of halogens is 2. The molecule has 5 rings (SSSR count). The van der Waals surface area contributed by atoms with Crippen LogP contribution in [-0.2, 0) is 11.3 Å². The lowest BCUT2D eigenvalue weighted by atomic mass is 9.96. The van der Waals surface area contributed by atoms with Gasteiger partial charge in [-0.2, -0.15) is 4.98 Å². The number of nitrogens with one attached hydrogen (secondary N) is 1. The van der Waals surface area contributed by atoms with Crippen molar-refractivity contribution in [1.82, 2.24) is 20.4 Å². The quantitative estimate of drug-likeness (QED) is 0.463. The van der Waals surface area contributed by atoms with Crippen molar-refractivity contribution in [2.75, 3.05) is 18.0 Å². The van der Waals surface area contributed by atoms with Gasteiger partial charge in [0.05, 0.1) is 5.92 Å². The zero-order valence-electron chi connectivity index (χ0n) is 17.7. The highest BCUT2D eigenvalue weighted by Crippen LogP contribution is 2.34. The molecule has 2 aromatic heterocycles. The first-order valence-electron chi connectivity index (χ1n) is 10.7. The second kappa shape index (κ2) is 9.15. The number of amides is 1. The van der Waals surface area contributed by atoms with Crippen molar-refractivity contribution < 1.29 is 13.7 Å². The molecule has 1 aliphatic rings. The van der Waals surface area contributed by atoms with Gasteiger partial charge >= 0.3 is 0 Å². The Morgan fingerprint density at radius 3 is 2.88 bits per heavy atom. The first-order valence-corrected chi connectivity index (χ1v) is 11.1. The average Bonchev–Trinajstić information content (AvgIpc) is 3.27. The molecule has 7 nitrogen and oxygen atoms in total. The molecule has 4 aromatic rings. The number of anilines is 1. The zero-order chi connectivity index (χ0) is 22.8. The number of hydrogen-bond acceptors (Lipinski definition) is 6. The number of piperidine rings is 1. The van der Waals surface area contributed by atoms with E-state index in [9.17, 15) is 9.18 Å². The molecule has 0 radical (unpaired) electrons. The average molecular weight is 466 g/mol. The van der Waals surface area contributed by atoms with Gasteiger partial charge in [0.1, 0.15) is 29.0 Å². The number of aromatic nitrogens is 3. The highest BCUT2D eigenvalue weighted by atomic mass is 35.5. The molecule has 1 aliphatic heterocycles. The third-order valence-electron chi connectivity index (χ3n) is 5.82. The predicted octanol–water partition coefficient (Wildman–Crippen LogP) is 4.61. The minimum absolute atomic E-state index is 0.00551. The Bertz CT molecular complexity index is 1290. The van der Waals surface area contributed by atoms with Crippen molar-refractivity contribution in [3.8, 4) is 11.3 Å². The van der Waals surface area contributed by atoms with E-state index in [0.29, 0.717) is 46.3 Å². The Hall–Kier alpha value is -3.52. The number of rotatable bonds is 5. The van der Waals surface area contributed by atoms with Crippen molar-refractivity contribution in [2.24, 2.45) is 5.92 Å². The van der Waals surface area contributed by atoms with Gasteiger partial charge in [-0.05, 0) is 54.8 Å². The molecule has 1 atom stereocenters. The molecule has 9 heteroatoms. The van der Waals surface area contributed by atoms with Crippen LogP contribution in [0.15, 0.2) is 59.4 Å². The van der Waals surface area contributed by atoms with Crippen molar-refractivity contribution in [3.63, 3.8) is 0 Å². The maximum Gasteiger partial charge on any atom is 0.263 e. The molecular weight excluding hydrogens is 445 g/mol. The molecule has 0 unspecified atom stereocenters. The molecule has 33 heavy (non-hydrogen) atoms. The third kappa shape index (κ3) is 4.52. The first kappa shape index (κ1) is 21.3. The van der Waals surface area contributed by atoms with Crippen LogP contribution in [0.1, 0.15) is 18.4 Å². The number of carbonyl (C=O) groups is 1. The smallest absolute Gasteiger partial charge is 0.263 e. The van der Waals surface area contributed by atoms with E-state index in [1.54, 1.807) is 18.2 Å². The lowest BCUT2D eigenvalue weighted by Crippen LogP contribution is -2.43. The van der Waals surface area contributed by atoms with E-state index < -0.39 is 0 Å². The van der Waals surface area contributed by atoms with Crippen molar-refractivity contribution in [2.45, 2.75) is 19.4 Å². The van der Waals surface area contributed by atoms with Crippen LogP contribution >= 0.6 is 11.6 Å². The Morgan fingerprint density at radius 2 is 2.06 bits per heavy atom. The van der Waals surface area contributed by atoms with E-state index in [1.807, 2.05) is 18.2 Å². The summed E-state index contributed by atoms with van der Waals surface area (Å²) in [6.45, 7) is 1.69. The van der Waals surface area contributed by atoms with Crippen molar-refractivity contribution in [3.05, 3.63) is 71.3 Å². The molecule has 1 saturated heterocycles. The minimum atomic E-state index is -0.328. The Kier molecular flexibility index (Phi) is 5.92. The summed E-state index contributed by atoms with van der Waals surface area (Å²) >= 11 is 6.04. The molecule has 0 aliphatic carbocycles. The van der Waals surface area contributed by atoms with Crippen LogP contribution in [-0.4, -0.2) is 34.1 Å². The fraction of sp³-hybridized carbons (Fsp3) is 0.250. The molecule has 3 heterocycles. The van der Waals surface area contributed by atoms with Crippen molar-refractivity contribution in [1.29, 1.82) is 0 Å². The molecule has 0 spiro atoms. The van der Waals surface area contributed by atoms with Crippen LogP contribution < -0.4 is 10.2 Å². The van der Waals surface area contributed by atoms with Crippen LogP contribution in [0.3, 0.4) is 0 Å². The van der Waals surface area contributed by atoms with Gasteiger partial charge < -0.3 is 14.7 Å². The first-order chi connectivity index (χ1) is 16.1. The van der Waals surface area contributed by atoms with Crippen LogP contribution in [0.5, 0.6) is 0 Å². The normalized spacial score (nSPS) is 16.2. The van der Waals surface area contributed by atoms with Gasteiger partial charge in [0.25, 0.3) is 5.71 Å². The highest BCUT2D eigenvalue weighted by molar-refractivity contribution is 6.30. The molecular formula is C24H21ClFN5O2. The Morgan fingerprint density at radius 1 is 1.21 bits per heavy atom. The summed E-state index contributed by atoms with van der Waals surface area (Å²) < 4.78 is 18.8. The van der Waals surface area contributed by atoms with E-state index >= 15 is 0 Å². The van der Waals surface area contributed by atoms with E-state index in [0.717, 1.165) is 24.9 Å². The summed E-state index contributed by atoms with van der Waals surface area (Å²) in [5, 5.41) is 8.48. The summed E-state index contributed by atoms with van der Waals surface area (Å²) in [6, 6.07) is 13.5. The summed E-state index contributed by atoms with van der Waals surface area (Å²) in [5.41, 5.74) is 2.56. The summed E-state index contributed by atoms with van der Waals surface area (Å²) in [6.07, 6.45) is 3.07. The molecule has 0 bridgehead atoms. The number of nitrogens with zero attached hydrogens (tertiary/aromatic N) is 4. The zero-order valence-corrected chi connectivity index (χ0v) is 18.4. The topological polar surface area (TPSA) is 84.2 Å². The van der Waals surface area contributed by atoms with Gasteiger partial charge in [0.2, 0.25) is 5.91 Å². The molecule has 2 aromatic carbocycles. The van der Waals surface area contributed by atoms with Gasteiger partial charge in [-0.1, -0.05) is 28.9 Å². The van der Waals surface area contributed by atoms with Crippen LogP contribution in [0.4, 0.5) is 10.2 Å². The fourth-order valence-corrected chi connectivity index (χ4v) is 4.39. The van der Waals surface area contributed by atoms with Gasteiger partial charge in [0, 0.05) is 30.2 Å². The van der Waals surface area contributed by atoms with Gasteiger partial charge in [-0.15, -0.1) is 0 Å². The molecule has 168 valence electrons. The van der Waals surface area contributed by atoms with Gasteiger partial charge in [0.15, 0.2) is 0 Å². The summed E-state index contributed by atoms with van der Waals surface area (Å²) in [4.78, 5) is 23.7. The largest absolute Gasteiger partial charge is 0.355 e. The molecule has 0 saturated carbocycles. The maximum absolute atomic E-state index is 13.4. The Balaban J connectivity index is 1.37. The second-order valence-corrected chi connectivity index (χ2v) is 8.48. The number of fused-ring (bicyclic) bond motifs is 1. The molecule has 1 fully saturated rings. The third-order valence-corrected chi connectivity index (χ3v) is 6.05. The van der Waals surface area contributed by atoms with E-state index in [2.05, 4.69) is 25.3 Å². The van der Waals surface area contributed by atoms with E-state index in [4.69, 9.17) is 16.1 Å². The molecule has 1 amide bonds. The van der Waals surface area contributed by atoms with Gasteiger partial charge in [-0.25, -0.2) is 9.37 Å². The summed E-state index contributed by atoms with van der Waals surface area (Å²) in [7, 11) is 0. The summed E-state index contributed by atoms with van der Waals surface area (Å²) in [5.74, 6) is 0.143. The van der Waals surface area contributed by atoms with E-state index in [1.165, 1.54) is 18.5 Å². The monoisotopic (exact) mass is 465 g/mol. The van der Waals surface area contributed by atoms with Gasteiger partial charge in [-0.3, -0.25) is 4.79 Å². The van der Waals surface area contributed by atoms with Crippen LogP contribution in [0.2, 0.25) is 5.02 Å². The number of benzene rings is 2. The number of hydrogen-bond donors (Lipinski definition) is 1. The minimum Gasteiger partial charge on any atom is -0.355 e. The lowest BCUT2D eigenvalue weighted by Gasteiger charge is -2.33. The second-order valence-electron chi connectivity index (χ2n) is 8.05. The predicted molar refractivity (Wildman–Crippen MR) is 123 cm³/mol. The SMILES string of the molecule is O=C(NCc1cccc(Cl)c1)[C@H]1CCCN(c2ncnc3onc(-c4ccc(F)cc4)c23)C1. The van der Waals surface area contributed by atoms with E-state index in [-0.39, 0.29) is 17.6 Å². The van der Waals surface area contributed by atoms with Crippen molar-refractivity contribution >= 4 is 34.4 Å². The van der Waals surface area contributed by atoms with Crippen LogP contribution in [0, 0.1) is 11.7 Å². The fourth-order valence-electron chi connectivity index (χ4n) is 4.18. The number of carbonyl (C=O) groups excluding carboxylic acids is 1. The molecule has 1 N–H and O–H groups in total. The maximum atomic E-state index is 13.4.